The molecule has 0 saturated heterocycles. The summed E-state index contributed by atoms with van der Waals surface area (Å²) in [5, 5.41) is 0. The monoisotopic (exact) mass is 293 g/mol. The first-order valence-corrected chi connectivity index (χ1v) is 7.74. The first-order valence-electron chi connectivity index (χ1n) is 6.30. The zero-order valence-corrected chi connectivity index (χ0v) is 12.2. The van der Waals surface area contributed by atoms with E-state index in [4.69, 9.17) is 0 Å². The summed E-state index contributed by atoms with van der Waals surface area (Å²) in [5.74, 6) is -0.391. The van der Waals surface area contributed by atoms with Gasteiger partial charge in [0.2, 0.25) is 0 Å². The van der Waals surface area contributed by atoms with Gasteiger partial charge >= 0.3 is 0 Å². The molecule has 0 bridgehead atoms. The SMILES string of the molecule is CCN(c1ccc(F)cc1)S(=O)(=O)c1ccccc1C. The number of hydrogen-bond acceptors (Lipinski definition) is 2. The smallest absolute Gasteiger partial charge is 0.264 e. The highest BCUT2D eigenvalue weighted by atomic mass is 32.2. The van der Waals surface area contributed by atoms with E-state index in [2.05, 4.69) is 0 Å². The molecule has 2 rings (SSSR count). The molecular formula is C15H16FNO2S. The molecule has 0 amide bonds. The Labute approximate surface area is 118 Å². The van der Waals surface area contributed by atoms with Gasteiger partial charge in [0.15, 0.2) is 0 Å². The summed E-state index contributed by atoms with van der Waals surface area (Å²) >= 11 is 0. The molecule has 5 heteroatoms. The molecule has 20 heavy (non-hydrogen) atoms. The van der Waals surface area contributed by atoms with Crippen LogP contribution in [0.1, 0.15) is 12.5 Å². The first kappa shape index (κ1) is 14.5. The summed E-state index contributed by atoms with van der Waals surface area (Å²) in [6.45, 7) is 3.78. The van der Waals surface area contributed by atoms with E-state index in [9.17, 15) is 12.8 Å². The van der Waals surface area contributed by atoms with Gasteiger partial charge in [0, 0.05) is 6.54 Å². The molecule has 2 aromatic carbocycles. The highest BCUT2D eigenvalue weighted by molar-refractivity contribution is 7.92. The van der Waals surface area contributed by atoms with Gasteiger partial charge < -0.3 is 0 Å². The second-order valence-corrected chi connectivity index (χ2v) is 6.24. The van der Waals surface area contributed by atoms with Crippen molar-refractivity contribution in [2.45, 2.75) is 18.7 Å². The van der Waals surface area contributed by atoms with Crippen LogP contribution in [0.15, 0.2) is 53.4 Å². The topological polar surface area (TPSA) is 37.4 Å². The van der Waals surface area contributed by atoms with Gasteiger partial charge in [-0.2, -0.15) is 0 Å². The lowest BCUT2D eigenvalue weighted by Gasteiger charge is -2.23. The van der Waals surface area contributed by atoms with E-state index >= 15 is 0 Å². The fourth-order valence-electron chi connectivity index (χ4n) is 2.06. The molecule has 106 valence electrons. The normalized spacial score (nSPS) is 11.3. The summed E-state index contributed by atoms with van der Waals surface area (Å²) in [5.41, 5.74) is 1.14. The zero-order chi connectivity index (χ0) is 14.8. The molecule has 2 aromatic rings. The van der Waals surface area contributed by atoms with Crippen LogP contribution in [0, 0.1) is 12.7 Å². The predicted molar refractivity (Wildman–Crippen MR) is 77.8 cm³/mol. The number of rotatable bonds is 4. The van der Waals surface area contributed by atoms with Crippen LogP contribution in [0.2, 0.25) is 0 Å². The Kier molecular flexibility index (Phi) is 4.09. The van der Waals surface area contributed by atoms with Crippen molar-refractivity contribution in [3.8, 4) is 0 Å². The van der Waals surface area contributed by atoms with Crippen LogP contribution in [0.4, 0.5) is 10.1 Å². The number of benzene rings is 2. The molecule has 0 heterocycles. The van der Waals surface area contributed by atoms with Crippen molar-refractivity contribution >= 4 is 15.7 Å². The van der Waals surface area contributed by atoms with Crippen molar-refractivity contribution in [3.05, 3.63) is 59.9 Å². The Morgan fingerprint density at radius 2 is 1.65 bits per heavy atom. The van der Waals surface area contributed by atoms with Gasteiger partial charge in [-0.3, -0.25) is 4.31 Å². The predicted octanol–water partition coefficient (Wildman–Crippen LogP) is 3.35. The molecule has 0 radical (unpaired) electrons. The maximum Gasteiger partial charge on any atom is 0.264 e. The third-order valence-electron chi connectivity index (χ3n) is 3.06. The van der Waals surface area contributed by atoms with E-state index < -0.39 is 15.8 Å². The molecule has 0 spiro atoms. The Balaban J connectivity index is 2.51. The molecule has 0 aliphatic rings. The number of anilines is 1. The Morgan fingerprint density at radius 3 is 2.20 bits per heavy atom. The first-order chi connectivity index (χ1) is 9.46. The average molecular weight is 293 g/mol. The van der Waals surface area contributed by atoms with Crippen LogP contribution in [-0.4, -0.2) is 15.0 Å². The molecule has 0 aliphatic carbocycles. The second kappa shape index (κ2) is 5.63. The number of halogens is 1. The van der Waals surface area contributed by atoms with Gasteiger partial charge in [0.05, 0.1) is 10.6 Å². The molecule has 0 aromatic heterocycles. The number of hydrogen-bond donors (Lipinski definition) is 0. The van der Waals surface area contributed by atoms with E-state index in [0.29, 0.717) is 11.3 Å². The summed E-state index contributed by atoms with van der Waals surface area (Å²) in [7, 11) is -3.64. The average Bonchev–Trinajstić information content (AvgIpc) is 2.42. The zero-order valence-electron chi connectivity index (χ0n) is 11.4. The molecule has 3 nitrogen and oxygen atoms in total. The molecule has 0 atom stereocenters. The molecule has 0 aliphatic heterocycles. The molecule has 0 unspecified atom stereocenters. The van der Waals surface area contributed by atoms with Crippen LogP contribution in [0.5, 0.6) is 0 Å². The third-order valence-corrected chi connectivity index (χ3v) is 5.13. The highest BCUT2D eigenvalue weighted by Crippen LogP contribution is 2.25. The minimum Gasteiger partial charge on any atom is -0.267 e. The van der Waals surface area contributed by atoms with Crippen LogP contribution in [0.3, 0.4) is 0 Å². The molecule has 0 fully saturated rings. The fourth-order valence-corrected chi connectivity index (χ4v) is 3.77. The van der Waals surface area contributed by atoms with Gasteiger partial charge in [-0.05, 0) is 49.7 Å². The quantitative estimate of drug-likeness (QED) is 0.867. The van der Waals surface area contributed by atoms with Crippen molar-refractivity contribution in [2.24, 2.45) is 0 Å². The van der Waals surface area contributed by atoms with Crippen LogP contribution in [0.25, 0.3) is 0 Å². The molecule has 0 N–H and O–H groups in total. The van der Waals surface area contributed by atoms with Crippen LogP contribution in [-0.2, 0) is 10.0 Å². The van der Waals surface area contributed by atoms with Crippen molar-refractivity contribution < 1.29 is 12.8 Å². The summed E-state index contributed by atoms with van der Waals surface area (Å²) in [6.07, 6.45) is 0. The largest absolute Gasteiger partial charge is 0.267 e. The Bertz CT molecular complexity index is 696. The van der Waals surface area contributed by atoms with E-state index in [1.807, 2.05) is 0 Å². The minimum absolute atomic E-state index is 0.270. The van der Waals surface area contributed by atoms with E-state index in [1.165, 1.54) is 28.6 Å². The van der Waals surface area contributed by atoms with Crippen LogP contribution < -0.4 is 4.31 Å². The maximum absolute atomic E-state index is 13.0. The Morgan fingerprint density at radius 1 is 1.05 bits per heavy atom. The van der Waals surface area contributed by atoms with Crippen LogP contribution >= 0.6 is 0 Å². The van der Waals surface area contributed by atoms with E-state index in [-0.39, 0.29) is 11.4 Å². The van der Waals surface area contributed by atoms with E-state index in [1.54, 1.807) is 38.1 Å². The molecular weight excluding hydrogens is 277 g/mol. The van der Waals surface area contributed by atoms with Crippen molar-refractivity contribution in [3.63, 3.8) is 0 Å². The third kappa shape index (κ3) is 2.67. The van der Waals surface area contributed by atoms with Gasteiger partial charge in [0.25, 0.3) is 10.0 Å². The van der Waals surface area contributed by atoms with Gasteiger partial charge in [-0.25, -0.2) is 12.8 Å². The standard InChI is InChI=1S/C15H16FNO2S/c1-3-17(14-10-8-13(16)9-11-14)20(18,19)15-7-5-4-6-12(15)2/h4-11H,3H2,1-2H3. The minimum atomic E-state index is -3.64. The van der Waals surface area contributed by atoms with E-state index in [0.717, 1.165) is 0 Å². The molecule has 0 saturated carbocycles. The summed E-state index contributed by atoms with van der Waals surface area (Å²) in [6, 6.07) is 12.3. The lowest BCUT2D eigenvalue weighted by Crippen LogP contribution is -2.31. The number of aryl methyl sites for hydroxylation is 1. The lowest BCUT2D eigenvalue weighted by molar-refractivity contribution is 0.591. The lowest BCUT2D eigenvalue weighted by atomic mass is 10.2. The van der Waals surface area contributed by atoms with Gasteiger partial charge in [0.1, 0.15) is 5.82 Å². The van der Waals surface area contributed by atoms with Crippen molar-refractivity contribution in [1.82, 2.24) is 0 Å². The summed E-state index contributed by atoms with van der Waals surface area (Å²) < 4.78 is 39.6. The van der Waals surface area contributed by atoms with Crippen molar-refractivity contribution in [1.29, 1.82) is 0 Å². The van der Waals surface area contributed by atoms with Crippen molar-refractivity contribution in [2.75, 3.05) is 10.8 Å². The Hall–Kier alpha value is -1.88. The maximum atomic E-state index is 13.0. The number of nitrogens with zero attached hydrogens (tertiary/aromatic N) is 1. The number of sulfonamides is 1. The van der Waals surface area contributed by atoms with Gasteiger partial charge in [-0.15, -0.1) is 0 Å². The van der Waals surface area contributed by atoms with Gasteiger partial charge in [-0.1, -0.05) is 18.2 Å². The second-order valence-electron chi connectivity index (χ2n) is 4.41. The highest BCUT2D eigenvalue weighted by Gasteiger charge is 2.24. The summed E-state index contributed by atoms with van der Waals surface area (Å²) in [4.78, 5) is 0.270. The fraction of sp³-hybridized carbons (Fsp3) is 0.200.